The van der Waals surface area contributed by atoms with Crippen molar-refractivity contribution in [3.63, 3.8) is 0 Å². The van der Waals surface area contributed by atoms with E-state index in [1.54, 1.807) is 0 Å². The minimum atomic E-state index is -0.656. The van der Waals surface area contributed by atoms with Gasteiger partial charge >= 0.3 is 0 Å². The summed E-state index contributed by atoms with van der Waals surface area (Å²) < 4.78 is 0. The summed E-state index contributed by atoms with van der Waals surface area (Å²) in [7, 11) is 0. The van der Waals surface area contributed by atoms with Crippen LogP contribution >= 0.6 is 0 Å². The second-order valence-corrected chi connectivity index (χ2v) is 5.79. The van der Waals surface area contributed by atoms with Crippen LogP contribution in [-0.2, 0) is 4.79 Å². The number of amides is 1. The zero-order valence-corrected chi connectivity index (χ0v) is 12.0. The molecule has 3 atom stereocenters. The molecule has 1 aliphatic carbocycles. The second-order valence-electron chi connectivity index (χ2n) is 5.79. The molecular formula is C16H24N2O2. The average Bonchev–Trinajstić information content (AvgIpc) is 2.82. The summed E-state index contributed by atoms with van der Waals surface area (Å²) in [6, 6.07) is 7.84. The van der Waals surface area contributed by atoms with E-state index < -0.39 is 6.10 Å². The molecule has 1 fully saturated rings. The predicted octanol–water partition coefficient (Wildman–Crippen LogP) is 1.66. The van der Waals surface area contributed by atoms with Crippen molar-refractivity contribution in [2.75, 3.05) is 6.54 Å². The maximum absolute atomic E-state index is 11.9. The Morgan fingerprint density at radius 3 is 2.70 bits per heavy atom. The number of aryl methyl sites for hydroxylation is 1. The normalized spacial score (nSPS) is 23.6. The van der Waals surface area contributed by atoms with Gasteiger partial charge in [0, 0.05) is 19.0 Å². The van der Waals surface area contributed by atoms with E-state index in [1.807, 2.05) is 31.2 Å². The highest BCUT2D eigenvalue weighted by atomic mass is 16.3. The van der Waals surface area contributed by atoms with Crippen LogP contribution in [0.25, 0.3) is 0 Å². The van der Waals surface area contributed by atoms with Gasteiger partial charge in [-0.2, -0.15) is 0 Å². The van der Waals surface area contributed by atoms with Crippen LogP contribution in [0.1, 0.15) is 42.9 Å². The number of aliphatic hydroxyl groups is 1. The Morgan fingerprint density at radius 1 is 1.40 bits per heavy atom. The fraction of sp³-hybridized carbons (Fsp3) is 0.562. The average molecular weight is 276 g/mol. The molecule has 0 aliphatic heterocycles. The molecule has 110 valence electrons. The lowest BCUT2D eigenvalue weighted by molar-refractivity contribution is -0.122. The van der Waals surface area contributed by atoms with Crippen LogP contribution in [0.5, 0.6) is 0 Å². The Bertz CT molecular complexity index is 444. The van der Waals surface area contributed by atoms with E-state index in [-0.39, 0.29) is 18.5 Å². The van der Waals surface area contributed by atoms with Crippen molar-refractivity contribution < 1.29 is 9.90 Å². The third-order valence-electron chi connectivity index (χ3n) is 4.12. The highest BCUT2D eigenvalue weighted by Crippen LogP contribution is 2.26. The Hall–Kier alpha value is -1.39. The molecule has 4 heteroatoms. The summed E-state index contributed by atoms with van der Waals surface area (Å²) in [6.45, 7) is 2.26. The zero-order chi connectivity index (χ0) is 14.5. The molecule has 0 spiro atoms. The van der Waals surface area contributed by atoms with Crippen LogP contribution in [-0.4, -0.2) is 23.6 Å². The topological polar surface area (TPSA) is 75.3 Å². The lowest BCUT2D eigenvalue weighted by atomic mass is 10.00. The molecule has 1 unspecified atom stereocenters. The lowest BCUT2D eigenvalue weighted by Crippen LogP contribution is -2.33. The number of carbonyl (C=O) groups excluding carboxylic acids is 1. The van der Waals surface area contributed by atoms with E-state index in [4.69, 9.17) is 5.73 Å². The molecule has 1 saturated carbocycles. The van der Waals surface area contributed by atoms with Gasteiger partial charge in [-0.3, -0.25) is 4.79 Å². The third kappa shape index (κ3) is 4.05. The molecule has 1 aromatic rings. The maximum Gasteiger partial charge on any atom is 0.220 e. The molecular weight excluding hydrogens is 252 g/mol. The Kier molecular flexibility index (Phi) is 5.15. The summed E-state index contributed by atoms with van der Waals surface area (Å²) in [6.07, 6.45) is 2.99. The fourth-order valence-corrected chi connectivity index (χ4v) is 2.75. The minimum absolute atomic E-state index is 0.0153. The first-order chi connectivity index (χ1) is 9.56. The molecule has 2 rings (SSSR count). The Morgan fingerprint density at radius 2 is 2.10 bits per heavy atom. The van der Waals surface area contributed by atoms with Crippen molar-refractivity contribution in [1.82, 2.24) is 5.32 Å². The first-order valence-corrected chi connectivity index (χ1v) is 7.33. The van der Waals surface area contributed by atoms with Crippen molar-refractivity contribution in [1.29, 1.82) is 0 Å². The minimum Gasteiger partial charge on any atom is -0.387 e. The van der Waals surface area contributed by atoms with E-state index >= 15 is 0 Å². The molecule has 0 radical (unpaired) electrons. The third-order valence-corrected chi connectivity index (χ3v) is 4.12. The summed E-state index contributed by atoms with van der Waals surface area (Å²) in [5.41, 5.74) is 7.94. The van der Waals surface area contributed by atoms with Gasteiger partial charge in [0.1, 0.15) is 0 Å². The quantitative estimate of drug-likeness (QED) is 0.765. The van der Waals surface area contributed by atoms with E-state index in [1.165, 1.54) is 0 Å². The van der Waals surface area contributed by atoms with E-state index in [0.717, 1.165) is 30.4 Å². The van der Waals surface area contributed by atoms with Gasteiger partial charge in [-0.25, -0.2) is 0 Å². The van der Waals surface area contributed by atoms with Crippen LogP contribution in [0.4, 0.5) is 0 Å². The smallest absolute Gasteiger partial charge is 0.220 e. The van der Waals surface area contributed by atoms with E-state index in [0.29, 0.717) is 12.3 Å². The van der Waals surface area contributed by atoms with Crippen molar-refractivity contribution in [2.24, 2.45) is 11.7 Å². The monoisotopic (exact) mass is 276 g/mol. The predicted molar refractivity (Wildman–Crippen MR) is 79.1 cm³/mol. The summed E-state index contributed by atoms with van der Waals surface area (Å²) in [5, 5.41) is 12.8. The van der Waals surface area contributed by atoms with Crippen molar-refractivity contribution in [2.45, 2.75) is 44.8 Å². The Balaban J connectivity index is 1.76. The Labute approximate surface area is 120 Å². The maximum atomic E-state index is 11.9. The number of aliphatic hydroxyl groups excluding tert-OH is 1. The van der Waals surface area contributed by atoms with Crippen molar-refractivity contribution >= 4 is 5.91 Å². The second kappa shape index (κ2) is 6.86. The van der Waals surface area contributed by atoms with E-state index in [2.05, 4.69) is 5.32 Å². The largest absolute Gasteiger partial charge is 0.387 e. The van der Waals surface area contributed by atoms with Crippen LogP contribution < -0.4 is 11.1 Å². The highest BCUT2D eigenvalue weighted by molar-refractivity contribution is 5.76. The SMILES string of the molecule is Cc1ccc(C(O)CNC(=O)C[C@@H]2CCC[C@H]2N)cc1. The highest BCUT2D eigenvalue weighted by Gasteiger charge is 2.26. The van der Waals surface area contributed by atoms with Gasteiger partial charge in [0.25, 0.3) is 0 Å². The number of rotatable bonds is 5. The lowest BCUT2D eigenvalue weighted by Gasteiger charge is -2.16. The van der Waals surface area contributed by atoms with Crippen LogP contribution in [0.15, 0.2) is 24.3 Å². The molecule has 4 N–H and O–H groups in total. The molecule has 1 amide bonds. The first kappa shape index (κ1) is 15.0. The number of carbonyl (C=O) groups is 1. The number of hydrogen-bond acceptors (Lipinski definition) is 3. The van der Waals surface area contributed by atoms with Gasteiger partial charge in [-0.15, -0.1) is 0 Å². The van der Waals surface area contributed by atoms with Crippen LogP contribution in [0.3, 0.4) is 0 Å². The van der Waals surface area contributed by atoms with E-state index in [9.17, 15) is 9.90 Å². The molecule has 0 heterocycles. The van der Waals surface area contributed by atoms with Gasteiger partial charge in [0.2, 0.25) is 5.91 Å². The van der Waals surface area contributed by atoms with Gasteiger partial charge in [-0.05, 0) is 31.2 Å². The van der Waals surface area contributed by atoms with Gasteiger partial charge < -0.3 is 16.2 Å². The summed E-state index contributed by atoms with van der Waals surface area (Å²) in [4.78, 5) is 11.9. The molecule has 20 heavy (non-hydrogen) atoms. The molecule has 0 aromatic heterocycles. The van der Waals surface area contributed by atoms with Gasteiger partial charge in [0.05, 0.1) is 6.10 Å². The fourth-order valence-electron chi connectivity index (χ4n) is 2.75. The molecule has 0 saturated heterocycles. The van der Waals surface area contributed by atoms with Gasteiger partial charge in [-0.1, -0.05) is 36.2 Å². The number of hydrogen-bond donors (Lipinski definition) is 3. The molecule has 4 nitrogen and oxygen atoms in total. The van der Waals surface area contributed by atoms with Crippen molar-refractivity contribution in [3.05, 3.63) is 35.4 Å². The number of nitrogens with two attached hydrogens (primary N) is 1. The van der Waals surface area contributed by atoms with Crippen LogP contribution in [0, 0.1) is 12.8 Å². The zero-order valence-electron chi connectivity index (χ0n) is 12.0. The van der Waals surface area contributed by atoms with Crippen LogP contribution in [0.2, 0.25) is 0 Å². The standard InChI is InChI=1S/C16H24N2O2/c1-11-5-7-12(8-6-11)15(19)10-18-16(20)9-13-3-2-4-14(13)17/h5-8,13-15,19H,2-4,9-10,17H2,1H3,(H,18,20)/t13-,14+,15?/m0/s1. The summed E-state index contributed by atoms with van der Waals surface area (Å²) in [5.74, 6) is 0.282. The molecule has 0 bridgehead atoms. The molecule has 1 aliphatic rings. The number of nitrogens with one attached hydrogen (secondary N) is 1. The first-order valence-electron chi connectivity index (χ1n) is 7.33. The van der Waals surface area contributed by atoms with Crippen molar-refractivity contribution in [3.8, 4) is 0 Å². The number of benzene rings is 1. The van der Waals surface area contributed by atoms with Gasteiger partial charge in [0.15, 0.2) is 0 Å². The molecule has 1 aromatic carbocycles. The summed E-state index contributed by atoms with van der Waals surface area (Å²) >= 11 is 0.